The molecule has 0 aliphatic carbocycles. The number of amides is 1. The molecule has 0 bridgehead atoms. The maximum absolute atomic E-state index is 13.2. The molecule has 1 saturated heterocycles. The Morgan fingerprint density at radius 3 is 2.55 bits per heavy atom. The number of carbonyl (C=O) groups excluding carboxylic acids is 3. The maximum atomic E-state index is 13.2. The van der Waals surface area contributed by atoms with Gasteiger partial charge in [0.1, 0.15) is 24.0 Å². The second-order valence-corrected chi connectivity index (χ2v) is 9.99. The molecule has 1 aliphatic rings. The van der Waals surface area contributed by atoms with E-state index in [1.807, 2.05) is 37.3 Å². The third-order valence-corrected chi connectivity index (χ3v) is 6.61. The molecule has 9 nitrogen and oxygen atoms in total. The molecule has 38 heavy (non-hydrogen) atoms. The van der Waals surface area contributed by atoms with Gasteiger partial charge in [-0.3, -0.25) is 9.59 Å². The Morgan fingerprint density at radius 1 is 1.16 bits per heavy atom. The van der Waals surface area contributed by atoms with E-state index in [0.29, 0.717) is 25.2 Å². The van der Waals surface area contributed by atoms with Gasteiger partial charge >= 0.3 is 11.9 Å². The van der Waals surface area contributed by atoms with E-state index >= 15 is 0 Å². The molecule has 1 aromatic heterocycles. The van der Waals surface area contributed by atoms with Gasteiger partial charge in [-0.15, -0.1) is 0 Å². The van der Waals surface area contributed by atoms with Gasteiger partial charge in [-0.2, -0.15) is 0 Å². The standard InChI is InChI=1S/C29H38N2O7/c1-18(2)14-15-22-19(3)36-29(34)23(12-9-13-24(22)38-21-10-7-6-8-11-21)31-28(33)26-27(37-20(4)32)25(35-5)16-17-30-26/h6-8,10-11,16-19,22-24H,9,12-15H2,1-5H3,(H,31,33). The number of rotatable bonds is 9. The fraction of sp³-hybridized carbons (Fsp3) is 0.517. The van der Waals surface area contributed by atoms with Crippen molar-refractivity contribution in [2.75, 3.05) is 7.11 Å². The molecule has 0 saturated carbocycles. The minimum absolute atomic E-state index is 0.00775. The van der Waals surface area contributed by atoms with Crippen LogP contribution in [0.3, 0.4) is 0 Å². The Labute approximate surface area is 224 Å². The maximum Gasteiger partial charge on any atom is 0.328 e. The van der Waals surface area contributed by atoms with Gasteiger partial charge in [-0.05, 0) is 50.7 Å². The van der Waals surface area contributed by atoms with Crippen LogP contribution in [0.15, 0.2) is 42.6 Å². The number of hydrogen-bond donors (Lipinski definition) is 1. The number of benzene rings is 1. The molecule has 1 amide bonds. The number of aromatic nitrogens is 1. The number of hydrogen-bond acceptors (Lipinski definition) is 8. The Bertz CT molecular complexity index is 1090. The molecule has 0 spiro atoms. The van der Waals surface area contributed by atoms with E-state index in [1.165, 1.54) is 26.3 Å². The van der Waals surface area contributed by atoms with E-state index in [0.717, 1.165) is 18.6 Å². The smallest absolute Gasteiger partial charge is 0.328 e. The molecule has 1 N–H and O–H groups in total. The van der Waals surface area contributed by atoms with Gasteiger partial charge in [0.05, 0.1) is 7.11 Å². The van der Waals surface area contributed by atoms with Crippen LogP contribution in [0.5, 0.6) is 17.2 Å². The van der Waals surface area contributed by atoms with E-state index in [2.05, 4.69) is 24.1 Å². The molecule has 1 aliphatic heterocycles. The fourth-order valence-electron chi connectivity index (χ4n) is 4.63. The van der Waals surface area contributed by atoms with E-state index in [-0.39, 0.29) is 29.2 Å². The summed E-state index contributed by atoms with van der Waals surface area (Å²) in [6, 6.07) is 10.2. The predicted octanol–water partition coefficient (Wildman–Crippen LogP) is 4.73. The van der Waals surface area contributed by atoms with Crippen molar-refractivity contribution in [2.45, 2.75) is 78.0 Å². The van der Waals surface area contributed by atoms with Crippen LogP contribution in [0.1, 0.15) is 70.3 Å². The van der Waals surface area contributed by atoms with Crippen LogP contribution in [-0.2, 0) is 14.3 Å². The highest BCUT2D eigenvalue weighted by Gasteiger charge is 2.36. The molecular formula is C29H38N2O7. The number of nitrogens with zero attached hydrogens (tertiary/aromatic N) is 1. The number of cyclic esters (lactones) is 1. The van der Waals surface area contributed by atoms with Crippen LogP contribution in [-0.4, -0.2) is 48.2 Å². The van der Waals surface area contributed by atoms with Crippen molar-refractivity contribution in [3.8, 4) is 17.2 Å². The highest BCUT2D eigenvalue weighted by molar-refractivity contribution is 5.98. The normalized spacial score (nSPS) is 21.9. The Balaban J connectivity index is 1.81. The van der Waals surface area contributed by atoms with Crippen molar-refractivity contribution in [2.24, 2.45) is 11.8 Å². The van der Waals surface area contributed by atoms with Gasteiger partial charge in [-0.25, -0.2) is 9.78 Å². The zero-order valence-corrected chi connectivity index (χ0v) is 22.8. The summed E-state index contributed by atoms with van der Waals surface area (Å²) in [5, 5.41) is 2.73. The van der Waals surface area contributed by atoms with Gasteiger partial charge in [0, 0.05) is 25.1 Å². The molecule has 3 rings (SSSR count). The average molecular weight is 527 g/mol. The third kappa shape index (κ3) is 7.94. The van der Waals surface area contributed by atoms with Crippen molar-refractivity contribution in [1.29, 1.82) is 0 Å². The van der Waals surface area contributed by atoms with Gasteiger partial charge in [-0.1, -0.05) is 38.5 Å². The summed E-state index contributed by atoms with van der Waals surface area (Å²) in [7, 11) is 1.39. The molecule has 1 fully saturated rings. The Hall–Kier alpha value is -3.62. The Kier molecular flexibility index (Phi) is 10.5. The van der Waals surface area contributed by atoms with Crippen molar-refractivity contribution < 1.29 is 33.3 Å². The minimum atomic E-state index is -0.899. The molecule has 1 aromatic carbocycles. The molecule has 9 heteroatoms. The number of methoxy groups -OCH3 is 1. The second-order valence-electron chi connectivity index (χ2n) is 9.99. The van der Waals surface area contributed by atoms with E-state index in [9.17, 15) is 14.4 Å². The number of ether oxygens (including phenoxy) is 4. The highest BCUT2D eigenvalue weighted by atomic mass is 16.6. The number of para-hydroxylation sites is 1. The summed E-state index contributed by atoms with van der Waals surface area (Å²) < 4.78 is 22.7. The van der Waals surface area contributed by atoms with Crippen molar-refractivity contribution >= 4 is 17.8 Å². The molecular weight excluding hydrogens is 488 g/mol. The topological polar surface area (TPSA) is 113 Å². The van der Waals surface area contributed by atoms with Gasteiger partial charge in [0.25, 0.3) is 5.91 Å². The van der Waals surface area contributed by atoms with Crippen molar-refractivity contribution in [3.63, 3.8) is 0 Å². The number of carbonyl (C=O) groups is 3. The first-order valence-corrected chi connectivity index (χ1v) is 13.1. The lowest BCUT2D eigenvalue weighted by molar-refractivity contribution is -0.154. The Morgan fingerprint density at radius 2 is 1.89 bits per heavy atom. The molecule has 206 valence electrons. The lowest BCUT2D eigenvalue weighted by Gasteiger charge is -2.32. The largest absolute Gasteiger partial charge is 0.493 e. The van der Waals surface area contributed by atoms with Crippen molar-refractivity contribution in [1.82, 2.24) is 10.3 Å². The molecule has 2 aromatic rings. The quantitative estimate of drug-likeness (QED) is 0.467. The number of esters is 2. The highest BCUT2D eigenvalue weighted by Crippen LogP contribution is 2.32. The van der Waals surface area contributed by atoms with E-state index in [4.69, 9.17) is 18.9 Å². The summed E-state index contributed by atoms with van der Waals surface area (Å²) in [6.07, 6.45) is 4.31. The zero-order chi connectivity index (χ0) is 27.7. The van der Waals surface area contributed by atoms with Crippen LogP contribution in [0.2, 0.25) is 0 Å². The third-order valence-electron chi connectivity index (χ3n) is 6.61. The molecule has 4 unspecified atom stereocenters. The molecule has 2 heterocycles. The van der Waals surface area contributed by atoms with Crippen LogP contribution in [0, 0.1) is 11.8 Å². The van der Waals surface area contributed by atoms with Gasteiger partial charge in [0.2, 0.25) is 5.75 Å². The fourth-order valence-corrected chi connectivity index (χ4v) is 4.63. The lowest BCUT2D eigenvalue weighted by Crippen LogP contribution is -2.44. The van der Waals surface area contributed by atoms with Crippen molar-refractivity contribution in [3.05, 3.63) is 48.3 Å². The number of nitrogens with one attached hydrogen (secondary N) is 1. The summed E-state index contributed by atoms with van der Waals surface area (Å²) >= 11 is 0. The summed E-state index contributed by atoms with van der Waals surface area (Å²) in [5.41, 5.74) is -0.152. The average Bonchev–Trinajstić information content (AvgIpc) is 2.92. The predicted molar refractivity (Wildman–Crippen MR) is 141 cm³/mol. The summed E-state index contributed by atoms with van der Waals surface area (Å²) in [5.74, 6) is -0.465. The van der Waals surface area contributed by atoms with Crippen LogP contribution < -0.4 is 19.5 Å². The first-order chi connectivity index (χ1) is 18.2. The van der Waals surface area contributed by atoms with Gasteiger partial charge < -0.3 is 24.3 Å². The SMILES string of the molecule is COc1ccnc(C(=O)NC2CCCC(Oc3ccccc3)C(CCC(C)C)C(C)OC2=O)c1OC(C)=O. The van der Waals surface area contributed by atoms with Crippen LogP contribution in [0.4, 0.5) is 0 Å². The minimum Gasteiger partial charge on any atom is -0.493 e. The summed E-state index contributed by atoms with van der Waals surface area (Å²) in [4.78, 5) is 42.1. The molecule has 4 atom stereocenters. The molecule has 0 radical (unpaired) electrons. The second kappa shape index (κ2) is 13.8. The van der Waals surface area contributed by atoms with E-state index in [1.54, 1.807) is 0 Å². The van der Waals surface area contributed by atoms with Gasteiger partial charge in [0.15, 0.2) is 11.4 Å². The number of pyridine rings is 1. The van der Waals surface area contributed by atoms with Crippen LogP contribution >= 0.6 is 0 Å². The van der Waals surface area contributed by atoms with Crippen LogP contribution in [0.25, 0.3) is 0 Å². The monoisotopic (exact) mass is 526 g/mol. The zero-order valence-electron chi connectivity index (χ0n) is 22.8. The first kappa shape index (κ1) is 28.9. The lowest BCUT2D eigenvalue weighted by atomic mass is 9.86. The first-order valence-electron chi connectivity index (χ1n) is 13.1. The summed E-state index contributed by atoms with van der Waals surface area (Å²) in [6.45, 7) is 7.44. The van der Waals surface area contributed by atoms with E-state index < -0.39 is 30.0 Å².